The van der Waals surface area contributed by atoms with E-state index in [1.54, 1.807) is 24.4 Å². The normalized spacial score (nSPS) is 9.83. The Hall–Kier alpha value is -2.63. The highest BCUT2D eigenvalue weighted by atomic mass is 16.4. The van der Waals surface area contributed by atoms with Crippen LogP contribution in [-0.2, 0) is 4.79 Å². The highest BCUT2D eigenvalue weighted by Crippen LogP contribution is 2.14. The number of carbonyl (C=O) groups excluding carboxylic acids is 2. The molecule has 18 heavy (non-hydrogen) atoms. The van der Waals surface area contributed by atoms with Crippen molar-refractivity contribution in [1.29, 1.82) is 0 Å². The van der Waals surface area contributed by atoms with Gasteiger partial charge in [0, 0.05) is 19.2 Å². The molecule has 2 heterocycles. The van der Waals surface area contributed by atoms with Crippen LogP contribution in [0, 0.1) is 0 Å². The third-order valence-electron chi connectivity index (χ3n) is 2.04. The minimum absolute atomic E-state index is 0.101. The molecule has 2 aromatic rings. The van der Waals surface area contributed by atoms with E-state index in [-0.39, 0.29) is 17.6 Å². The van der Waals surface area contributed by atoms with Gasteiger partial charge in [-0.2, -0.15) is 0 Å². The molecule has 0 aromatic carbocycles. The molecule has 0 aliphatic rings. The Bertz CT molecular complexity index is 563. The van der Waals surface area contributed by atoms with Crippen LogP contribution in [0.2, 0.25) is 0 Å². The summed E-state index contributed by atoms with van der Waals surface area (Å²) in [5.74, 6) is 0.0735. The monoisotopic (exact) mass is 245 g/mol. The fourth-order valence-corrected chi connectivity index (χ4v) is 1.32. The second-order valence-electron chi connectivity index (χ2n) is 3.51. The van der Waals surface area contributed by atoms with Crippen LogP contribution >= 0.6 is 0 Å². The van der Waals surface area contributed by atoms with E-state index in [4.69, 9.17) is 4.42 Å². The lowest BCUT2D eigenvalue weighted by Gasteiger charge is -2.01. The van der Waals surface area contributed by atoms with Gasteiger partial charge in [-0.1, -0.05) is 6.07 Å². The Morgan fingerprint density at radius 3 is 2.67 bits per heavy atom. The summed E-state index contributed by atoms with van der Waals surface area (Å²) in [6, 6.07) is 8.15. The summed E-state index contributed by atoms with van der Waals surface area (Å²) in [6.45, 7) is 1.36. The second kappa shape index (κ2) is 5.13. The van der Waals surface area contributed by atoms with Gasteiger partial charge in [-0.15, -0.1) is 0 Å². The minimum Gasteiger partial charge on any atom is -0.435 e. The largest absolute Gasteiger partial charge is 0.435 e. The number of anilines is 2. The van der Waals surface area contributed by atoms with Crippen LogP contribution in [0.25, 0.3) is 0 Å². The molecular weight excluding hydrogens is 234 g/mol. The Balaban J connectivity index is 2.05. The molecule has 0 fully saturated rings. The molecule has 2 aromatic heterocycles. The van der Waals surface area contributed by atoms with Crippen molar-refractivity contribution >= 4 is 23.5 Å². The standard InChI is InChI=1S/C12H11N3O3/c1-8(16)14-11-6-5-9(18-11)12(17)15-10-4-2-3-7-13-10/h2-7H,1H3,(H,14,16)(H,13,15,17). The summed E-state index contributed by atoms with van der Waals surface area (Å²) in [5.41, 5.74) is 0. The third kappa shape index (κ3) is 2.94. The number of pyridine rings is 1. The van der Waals surface area contributed by atoms with Crippen LogP contribution in [-0.4, -0.2) is 16.8 Å². The molecule has 0 saturated heterocycles. The predicted molar refractivity (Wildman–Crippen MR) is 65.2 cm³/mol. The Labute approximate surface area is 103 Å². The summed E-state index contributed by atoms with van der Waals surface area (Å²) in [5, 5.41) is 5.01. The van der Waals surface area contributed by atoms with Crippen molar-refractivity contribution in [2.45, 2.75) is 6.92 Å². The van der Waals surface area contributed by atoms with E-state index in [9.17, 15) is 9.59 Å². The van der Waals surface area contributed by atoms with Gasteiger partial charge >= 0.3 is 0 Å². The fraction of sp³-hybridized carbons (Fsp3) is 0.0833. The number of furan rings is 1. The van der Waals surface area contributed by atoms with Crippen LogP contribution in [0.4, 0.5) is 11.7 Å². The third-order valence-corrected chi connectivity index (χ3v) is 2.04. The molecule has 2 rings (SSSR count). The average molecular weight is 245 g/mol. The summed E-state index contributed by atoms with van der Waals surface area (Å²) in [6.07, 6.45) is 1.57. The van der Waals surface area contributed by atoms with Gasteiger partial charge in [0.25, 0.3) is 5.91 Å². The van der Waals surface area contributed by atoms with Gasteiger partial charge < -0.3 is 9.73 Å². The molecule has 6 heteroatoms. The van der Waals surface area contributed by atoms with Crippen LogP contribution in [0.5, 0.6) is 0 Å². The minimum atomic E-state index is -0.426. The van der Waals surface area contributed by atoms with Gasteiger partial charge in [-0.25, -0.2) is 4.98 Å². The SMILES string of the molecule is CC(=O)Nc1ccc(C(=O)Nc2ccccn2)o1. The van der Waals surface area contributed by atoms with E-state index in [0.717, 1.165) is 0 Å². The fourth-order valence-electron chi connectivity index (χ4n) is 1.32. The molecule has 0 atom stereocenters. The van der Waals surface area contributed by atoms with E-state index in [2.05, 4.69) is 15.6 Å². The Morgan fingerprint density at radius 1 is 1.17 bits per heavy atom. The topological polar surface area (TPSA) is 84.2 Å². The average Bonchev–Trinajstić information content (AvgIpc) is 2.78. The van der Waals surface area contributed by atoms with Crippen LogP contribution < -0.4 is 10.6 Å². The molecule has 0 spiro atoms. The van der Waals surface area contributed by atoms with E-state index >= 15 is 0 Å². The number of aromatic nitrogens is 1. The van der Waals surface area contributed by atoms with Crippen molar-refractivity contribution in [3.63, 3.8) is 0 Å². The maximum atomic E-state index is 11.8. The number of hydrogen-bond acceptors (Lipinski definition) is 4. The zero-order chi connectivity index (χ0) is 13.0. The van der Waals surface area contributed by atoms with E-state index < -0.39 is 5.91 Å². The lowest BCUT2D eigenvalue weighted by atomic mass is 10.4. The number of hydrogen-bond donors (Lipinski definition) is 2. The molecule has 92 valence electrons. The number of nitrogens with one attached hydrogen (secondary N) is 2. The molecule has 0 unspecified atom stereocenters. The van der Waals surface area contributed by atoms with Crippen molar-refractivity contribution in [3.8, 4) is 0 Å². The molecular formula is C12H11N3O3. The first-order valence-electron chi connectivity index (χ1n) is 5.25. The van der Waals surface area contributed by atoms with Crippen LogP contribution in [0.1, 0.15) is 17.5 Å². The Morgan fingerprint density at radius 2 is 2.00 bits per heavy atom. The highest BCUT2D eigenvalue weighted by Gasteiger charge is 2.12. The molecule has 0 aliphatic carbocycles. The van der Waals surface area contributed by atoms with Crippen LogP contribution in [0.3, 0.4) is 0 Å². The number of rotatable bonds is 3. The lowest BCUT2D eigenvalue weighted by molar-refractivity contribution is -0.114. The summed E-state index contributed by atoms with van der Waals surface area (Å²) < 4.78 is 5.16. The molecule has 2 N–H and O–H groups in total. The first-order chi connectivity index (χ1) is 8.65. The van der Waals surface area contributed by atoms with Crippen LogP contribution in [0.15, 0.2) is 40.9 Å². The van der Waals surface area contributed by atoms with Gasteiger partial charge in [-0.05, 0) is 18.2 Å². The zero-order valence-corrected chi connectivity index (χ0v) is 9.64. The van der Waals surface area contributed by atoms with Crippen molar-refractivity contribution in [3.05, 3.63) is 42.3 Å². The molecule has 0 radical (unpaired) electrons. The summed E-state index contributed by atoms with van der Waals surface area (Å²) >= 11 is 0. The predicted octanol–water partition coefficient (Wildman–Crippen LogP) is 1.89. The molecule has 2 amide bonds. The van der Waals surface area contributed by atoms with E-state index in [1.807, 2.05) is 0 Å². The molecule has 0 saturated carbocycles. The van der Waals surface area contributed by atoms with E-state index in [1.165, 1.54) is 19.1 Å². The van der Waals surface area contributed by atoms with Gasteiger partial charge in [0.15, 0.2) is 11.6 Å². The van der Waals surface area contributed by atoms with Crippen molar-refractivity contribution < 1.29 is 14.0 Å². The maximum Gasteiger partial charge on any atom is 0.292 e. The second-order valence-corrected chi connectivity index (χ2v) is 3.51. The Kier molecular flexibility index (Phi) is 3.38. The first kappa shape index (κ1) is 11.8. The van der Waals surface area contributed by atoms with Crippen molar-refractivity contribution in [2.24, 2.45) is 0 Å². The lowest BCUT2D eigenvalue weighted by Crippen LogP contribution is -2.11. The van der Waals surface area contributed by atoms with Gasteiger partial charge in [0.2, 0.25) is 5.91 Å². The van der Waals surface area contributed by atoms with E-state index in [0.29, 0.717) is 5.82 Å². The zero-order valence-electron chi connectivity index (χ0n) is 9.64. The summed E-state index contributed by atoms with van der Waals surface area (Å²) in [4.78, 5) is 26.5. The summed E-state index contributed by atoms with van der Waals surface area (Å²) in [7, 11) is 0. The highest BCUT2D eigenvalue weighted by molar-refractivity contribution is 6.02. The van der Waals surface area contributed by atoms with Gasteiger partial charge in [0.1, 0.15) is 5.82 Å². The first-order valence-corrected chi connectivity index (χ1v) is 5.25. The van der Waals surface area contributed by atoms with Crippen molar-refractivity contribution in [1.82, 2.24) is 4.98 Å². The number of nitrogens with zero attached hydrogens (tertiary/aromatic N) is 1. The van der Waals surface area contributed by atoms with Crippen molar-refractivity contribution in [2.75, 3.05) is 10.6 Å². The molecule has 0 bridgehead atoms. The molecule has 6 nitrogen and oxygen atoms in total. The number of amides is 2. The van der Waals surface area contributed by atoms with Gasteiger partial charge in [-0.3, -0.25) is 14.9 Å². The maximum absolute atomic E-state index is 11.8. The quantitative estimate of drug-likeness (QED) is 0.864. The smallest absolute Gasteiger partial charge is 0.292 e. The van der Waals surface area contributed by atoms with Gasteiger partial charge in [0.05, 0.1) is 0 Å². The molecule has 0 aliphatic heterocycles. The number of carbonyl (C=O) groups is 2.